The van der Waals surface area contributed by atoms with E-state index in [1.807, 2.05) is 6.07 Å². The lowest BCUT2D eigenvalue weighted by molar-refractivity contribution is 0.369. The Balaban J connectivity index is 2.17. The molecule has 17 heavy (non-hydrogen) atoms. The maximum absolute atomic E-state index is 9.75. The number of hydrogen-bond acceptors (Lipinski definition) is 4. The summed E-state index contributed by atoms with van der Waals surface area (Å²) in [5.41, 5.74) is 0.967. The number of hydrogen-bond donors (Lipinski definition) is 3. The Morgan fingerprint density at radius 1 is 1.35 bits per heavy atom. The van der Waals surface area contributed by atoms with Gasteiger partial charge >= 0.3 is 0 Å². The molecule has 0 bridgehead atoms. The molecule has 90 valence electrons. The Morgan fingerprint density at radius 2 is 2.18 bits per heavy atom. The molecule has 0 radical (unpaired) electrons. The Hall–Kier alpha value is -1.73. The second-order valence-corrected chi connectivity index (χ2v) is 4.53. The van der Waals surface area contributed by atoms with E-state index in [0.717, 1.165) is 37.9 Å². The first-order valence-electron chi connectivity index (χ1n) is 5.86. The summed E-state index contributed by atoms with van der Waals surface area (Å²) in [4.78, 5) is 0. The number of piperidine rings is 1. The van der Waals surface area contributed by atoms with Crippen LogP contribution in [0.4, 0.5) is 0 Å². The van der Waals surface area contributed by atoms with Crippen molar-refractivity contribution in [2.75, 3.05) is 13.1 Å². The zero-order valence-electron chi connectivity index (χ0n) is 9.61. The van der Waals surface area contributed by atoms with Gasteiger partial charge in [0, 0.05) is 6.07 Å². The fourth-order valence-electron chi connectivity index (χ4n) is 2.28. The van der Waals surface area contributed by atoms with Crippen molar-refractivity contribution < 1.29 is 10.2 Å². The second kappa shape index (κ2) is 5.07. The Labute approximate surface area is 101 Å². The summed E-state index contributed by atoms with van der Waals surface area (Å²) < 4.78 is 0. The predicted octanol–water partition coefficient (Wildman–Crippen LogP) is 1.51. The van der Waals surface area contributed by atoms with Crippen LogP contribution in [0, 0.1) is 17.2 Å². The van der Waals surface area contributed by atoms with Crippen LogP contribution in [0.25, 0.3) is 0 Å². The van der Waals surface area contributed by atoms with Crippen LogP contribution in [0.1, 0.15) is 24.0 Å². The third kappa shape index (κ3) is 2.69. The molecule has 1 fully saturated rings. The van der Waals surface area contributed by atoms with Gasteiger partial charge in [0.2, 0.25) is 0 Å². The van der Waals surface area contributed by atoms with Crippen molar-refractivity contribution in [3.8, 4) is 17.6 Å². The first kappa shape index (κ1) is 11.7. The van der Waals surface area contributed by atoms with Gasteiger partial charge in [-0.15, -0.1) is 0 Å². The molecule has 0 spiro atoms. The molecule has 1 aromatic carbocycles. The van der Waals surface area contributed by atoms with E-state index in [1.54, 1.807) is 6.07 Å². The molecule has 0 saturated carbocycles. The maximum Gasteiger partial charge on any atom is 0.137 e. The summed E-state index contributed by atoms with van der Waals surface area (Å²) in [6.07, 6.45) is 3.03. The average molecular weight is 232 g/mol. The first-order chi connectivity index (χ1) is 8.20. The average Bonchev–Trinajstić information content (AvgIpc) is 2.34. The molecule has 1 aromatic rings. The van der Waals surface area contributed by atoms with Crippen molar-refractivity contribution in [3.63, 3.8) is 0 Å². The van der Waals surface area contributed by atoms with E-state index in [0.29, 0.717) is 5.92 Å². The van der Waals surface area contributed by atoms with Crippen LogP contribution in [-0.4, -0.2) is 23.3 Å². The number of nitrogens with zero attached hydrogens (tertiary/aromatic N) is 1. The van der Waals surface area contributed by atoms with Gasteiger partial charge in [-0.05, 0) is 49.9 Å². The predicted molar refractivity (Wildman–Crippen MR) is 63.8 cm³/mol. The molecule has 1 aliphatic rings. The van der Waals surface area contributed by atoms with Gasteiger partial charge in [0.15, 0.2) is 0 Å². The summed E-state index contributed by atoms with van der Waals surface area (Å²) in [6.45, 7) is 2.00. The van der Waals surface area contributed by atoms with Gasteiger partial charge in [-0.3, -0.25) is 0 Å². The van der Waals surface area contributed by atoms with Gasteiger partial charge in [-0.25, -0.2) is 0 Å². The highest BCUT2D eigenvalue weighted by Gasteiger charge is 2.16. The lowest BCUT2D eigenvalue weighted by Crippen LogP contribution is -2.30. The van der Waals surface area contributed by atoms with Gasteiger partial charge in [0.05, 0.1) is 5.56 Å². The molecule has 4 nitrogen and oxygen atoms in total. The quantitative estimate of drug-likeness (QED) is 0.722. The van der Waals surface area contributed by atoms with Crippen molar-refractivity contribution in [3.05, 3.63) is 23.3 Å². The van der Waals surface area contributed by atoms with Crippen molar-refractivity contribution in [1.29, 1.82) is 5.26 Å². The number of aromatic hydroxyl groups is 2. The van der Waals surface area contributed by atoms with Crippen LogP contribution < -0.4 is 5.32 Å². The third-order valence-corrected chi connectivity index (χ3v) is 3.22. The highest BCUT2D eigenvalue weighted by atomic mass is 16.3. The van der Waals surface area contributed by atoms with Crippen molar-refractivity contribution in [2.24, 2.45) is 5.92 Å². The van der Waals surface area contributed by atoms with Crippen LogP contribution in [0.3, 0.4) is 0 Å². The van der Waals surface area contributed by atoms with Crippen molar-refractivity contribution in [2.45, 2.75) is 19.3 Å². The minimum Gasteiger partial charge on any atom is -0.508 e. The molecule has 1 saturated heterocycles. The monoisotopic (exact) mass is 232 g/mol. The molecular formula is C13H16N2O2. The lowest BCUT2D eigenvalue weighted by atomic mass is 9.91. The van der Waals surface area contributed by atoms with Gasteiger partial charge in [0.25, 0.3) is 0 Å². The van der Waals surface area contributed by atoms with Crippen molar-refractivity contribution >= 4 is 0 Å². The van der Waals surface area contributed by atoms with Crippen LogP contribution in [-0.2, 0) is 6.42 Å². The van der Waals surface area contributed by atoms with Crippen LogP contribution in [0.2, 0.25) is 0 Å². The van der Waals surface area contributed by atoms with E-state index in [9.17, 15) is 10.2 Å². The van der Waals surface area contributed by atoms with Crippen LogP contribution >= 0.6 is 0 Å². The molecule has 0 aromatic heterocycles. The molecule has 0 aliphatic carbocycles. The summed E-state index contributed by atoms with van der Waals surface area (Å²) in [5.74, 6) is 0.410. The largest absolute Gasteiger partial charge is 0.508 e. The standard InChI is InChI=1S/C13H16N2O2/c14-7-11-5-10(12(16)6-13(11)17)4-9-2-1-3-15-8-9/h5-6,9,15-17H,1-4,8H2. The second-order valence-electron chi connectivity index (χ2n) is 4.53. The lowest BCUT2D eigenvalue weighted by Gasteiger charge is -2.23. The van der Waals surface area contributed by atoms with Crippen LogP contribution in [0.15, 0.2) is 12.1 Å². The number of nitrogens with one attached hydrogen (secondary N) is 1. The Kier molecular flexibility index (Phi) is 3.50. The fourth-order valence-corrected chi connectivity index (χ4v) is 2.28. The van der Waals surface area contributed by atoms with E-state index in [1.165, 1.54) is 6.07 Å². The summed E-state index contributed by atoms with van der Waals surface area (Å²) in [7, 11) is 0. The smallest absolute Gasteiger partial charge is 0.137 e. The molecule has 1 unspecified atom stereocenters. The SMILES string of the molecule is N#Cc1cc(CC2CCCNC2)c(O)cc1O. The molecule has 1 aliphatic heterocycles. The van der Waals surface area contributed by atoms with Gasteiger partial charge in [-0.1, -0.05) is 0 Å². The van der Waals surface area contributed by atoms with Crippen molar-refractivity contribution in [1.82, 2.24) is 5.32 Å². The van der Waals surface area contributed by atoms with E-state index in [4.69, 9.17) is 5.26 Å². The molecule has 3 N–H and O–H groups in total. The Bertz CT molecular complexity index is 445. The zero-order valence-corrected chi connectivity index (χ0v) is 9.61. The van der Waals surface area contributed by atoms with Gasteiger partial charge in [0.1, 0.15) is 17.6 Å². The summed E-state index contributed by atoms with van der Waals surface area (Å²) >= 11 is 0. The number of nitriles is 1. The minimum atomic E-state index is -0.157. The van der Waals surface area contributed by atoms with Gasteiger partial charge < -0.3 is 15.5 Å². The number of benzene rings is 1. The summed E-state index contributed by atoms with van der Waals surface area (Å²) in [6, 6.07) is 4.76. The molecule has 1 heterocycles. The first-order valence-corrected chi connectivity index (χ1v) is 5.86. The highest BCUT2D eigenvalue weighted by Crippen LogP contribution is 2.29. The normalized spacial score (nSPS) is 19.8. The molecule has 0 amide bonds. The zero-order chi connectivity index (χ0) is 12.3. The third-order valence-electron chi connectivity index (χ3n) is 3.22. The number of rotatable bonds is 2. The topological polar surface area (TPSA) is 76.3 Å². The fraction of sp³-hybridized carbons (Fsp3) is 0.462. The van der Waals surface area contributed by atoms with E-state index < -0.39 is 0 Å². The molecule has 4 heteroatoms. The maximum atomic E-state index is 9.75. The number of phenolic OH excluding ortho intramolecular Hbond substituents is 2. The van der Waals surface area contributed by atoms with E-state index in [2.05, 4.69) is 5.32 Å². The minimum absolute atomic E-state index is 0.0760. The summed E-state index contributed by atoms with van der Waals surface area (Å²) in [5, 5.41) is 31.3. The molecule has 1 atom stereocenters. The highest BCUT2D eigenvalue weighted by molar-refractivity contribution is 5.50. The Morgan fingerprint density at radius 3 is 2.82 bits per heavy atom. The molecular weight excluding hydrogens is 216 g/mol. The van der Waals surface area contributed by atoms with Gasteiger partial charge in [-0.2, -0.15) is 5.26 Å². The van der Waals surface area contributed by atoms with E-state index >= 15 is 0 Å². The van der Waals surface area contributed by atoms with Crippen LogP contribution in [0.5, 0.6) is 11.5 Å². The van der Waals surface area contributed by atoms with E-state index in [-0.39, 0.29) is 17.1 Å². The number of phenols is 2. The molecule has 2 rings (SSSR count).